The normalized spacial score (nSPS) is 15.1. The molecule has 1 aliphatic heterocycles. The van der Waals surface area contributed by atoms with Gasteiger partial charge in [0.15, 0.2) is 11.4 Å². The fourth-order valence-electron chi connectivity index (χ4n) is 4.00. The lowest BCUT2D eigenvalue weighted by Gasteiger charge is -2.24. The molecule has 0 saturated heterocycles. The molecule has 4 rings (SSSR count). The number of carbonyl (C=O) groups excluding carboxylic acids is 2. The Bertz CT molecular complexity index is 1600. The second kappa shape index (κ2) is 11.8. The Morgan fingerprint density at radius 3 is 2.39 bits per heavy atom. The van der Waals surface area contributed by atoms with Crippen LogP contribution in [0.5, 0.6) is 5.75 Å². The van der Waals surface area contributed by atoms with Crippen molar-refractivity contribution in [2.75, 3.05) is 20.3 Å². The number of allylic oxidation sites excluding steroid dienone is 1. The number of methoxy groups -OCH3 is 1. The van der Waals surface area contributed by atoms with Crippen LogP contribution in [-0.2, 0) is 19.1 Å². The number of benzene rings is 2. The van der Waals surface area contributed by atoms with Crippen molar-refractivity contribution in [2.24, 2.45) is 4.99 Å². The molecule has 0 unspecified atom stereocenters. The second-order valence-electron chi connectivity index (χ2n) is 8.39. The van der Waals surface area contributed by atoms with Crippen LogP contribution in [0.3, 0.4) is 0 Å². The Morgan fingerprint density at radius 2 is 1.79 bits per heavy atom. The van der Waals surface area contributed by atoms with Gasteiger partial charge in [0.2, 0.25) is 0 Å². The van der Waals surface area contributed by atoms with Crippen molar-refractivity contribution >= 4 is 61.2 Å². The minimum atomic E-state index is -0.666. The van der Waals surface area contributed by atoms with Gasteiger partial charge in [0, 0.05) is 0 Å². The molecular formula is C27H24Br2N2O6S. The molecule has 2 heterocycles. The molecule has 1 aliphatic rings. The van der Waals surface area contributed by atoms with Crippen LogP contribution in [0.1, 0.15) is 36.6 Å². The topological polar surface area (TPSA) is 96.2 Å². The highest BCUT2D eigenvalue weighted by Gasteiger charge is 2.33. The lowest BCUT2D eigenvalue weighted by molar-refractivity contribution is -0.143. The first-order valence-corrected chi connectivity index (χ1v) is 14.0. The number of hydrogen-bond donors (Lipinski definition) is 0. The predicted octanol–water partition coefficient (Wildman–Crippen LogP) is 4.18. The molecule has 38 heavy (non-hydrogen) atoms. The Hall–Kier alpha value is -3.02. The van der Waals surface area contributed by atoms with Crippen LogP contribution in [-0.4, -0.2) is 36.8 Å². The maximum absolute atomic E-state index is 13.8. The fourth-order valence-corrected chi connectivity index (χ4v) is 6.50. The molecule has 8 nitrogen and oxygen atoms in total. The molecule has 0 amide bonds. The molecular weight excluding hydrogens is 640 g/mol. The Labute approximate surface area is 239 Å². The van der Waals surface area contributed by atoms with Gasteiger partial charge in [-0.1, -0.05) is 41.2 Å². The third-order valence-corrected chi connectivity index (χ3v) is 7.95. The van der Waals surface area contributed by atoms with E-state index >= 15 is 0 Å². The Balaban J connectivity index is 1.83. The molecule has 0 fully saturated rings. The average molecular weight is 664 g/mol. The van der Waals surface area contributed by atoms with Crippen LogP contribution in [0.25, 0.3) is 6.08 Å². The summed E-state index contributed by atoms with van der Waals surface area (Å²) < 4.78 is 18.7. The molecule has 1 aromatic heterocycles. The van der Waals surface area contributed by atoms with Gasteiger partial charge in [-0.05, 0) is 82.0 Å². The zero-order valence-electron chi connectivity index (χ0n) is 21.0. The molecule has 0 spiro atoms. The van der Waals surface area contributed by atoms with Crippen molar-refractivity contribution in [1.82, 2.24) is 4.57 Å². The van der Waals surface area contributed by atoms with E-state index in [9.17, 15) is 14.4 Å². The summed E-state index contributed by atoms with van der Waals surface area (Å²) in [6, 6.07) is 10.6. The lowest BCUT2D eigenvalue weighted by atomic mass is 9.95. The number of nitrogens with zero attached hydrogens (tertiary/aromatic N) is 2. The van der Waals surface area contributed by atoms with Gasteiger partial charge in [-0.15, -0.1) is 0 Å². The highest BCUT2D eigenvalue weighted by atomic mass is 79.9. The number of ether oxygens (including phenoxy) is 3. The number of aromatic nitrogens is 1. The molecule has 3 aromatic rings. The summed E-state index contributed by atoms with van der Waals surface area (Å²) in [6.07, 6.45) is 1.75. The van der Waals surface area contributed by atoms with Crippen molar-refractivity contribution in [3.63, 3.8) is 0 Å². The molecule has 2 aromatic carbocycles. The molecule has 198 valence electrons. The van der Waals surface area contributed by atoms with E-state index in [2.05, 4.69) is 41.6 Å². The first-order valence-electron chi connectivity index (χ1n) is 11.6. The molecule has 0 saturated carbocycles. The van der Waals surface area contributed by atoms with Crippen LogP contribution in [0.15, 0.2) is 66.4 Å². The lowest BCUT2D eigenvalue weighted by Crippen LogP contribution is -2.39. The van der Waals surface area contributed by atoms with E-state index in [4.69, 9.17) is 9.47 Å². The third kappa shape index (κ3) is 5.69. The summed E-state index contributed by atoms with van der Waals surface area (Å²) in [5.74, 6) is -0.568. The van der Waals surface area contributed by atoms with E-state index in [-0.39, 0.29) is 18.8 Å². The van der Waals surface area contributed by atoms with Gasteiger partial charge in [0.1, 0.15) is 5.75 Å². The smallest absolute Gasteiger partial charge is 0.343 e. The summed E-state index contributed by atoms with van der Waals surface area (Å²) in [5, 5.41) is 0. The number of rotatable bonds is 7. The monoisotopic (exact) mass is 662 g/mol. The maximum atomic E-state index is 13.8. The highest BCUT2D eigenvalue weighted by Crippen LogP contribution is 2.35. The number of carbonyl (C=O) groups is 2. The highest BCUT2D eigenvalue weighted by molar-refractivity contribution is 9.11. The number of halogens is 2. The van der Waals surface area contributed by atoms with E-state index in [1.807, 2.05) is 31.2 Å². The molecule has 11 heteroatoms. The van der Waals surface area contributed by atoms with Crippen LogP contribution in [0.4, 0.5) is 0 Å². The van der Waals surface area contributed by atoms with Crippen molar-refractivity contribution in [3.05, 3.63) is 93.0 Å². The van der Waals surface area contributed by atoms with Gasteiger partial charge in [-0.2, -0.15) is 0 Å². The summed E-state index contributed by atoms with van der Waals surface area (Å²) in [6.45, 7) is 5.44. The minimum absolute atomic E-state index is 0.212. The predicted molar refractivity (Wildman–Crippen MR) is 151 cm³/mol. The summed E-state index contributed by atoms with van der Waals surface area (Å²) in [7, 11) is 1.29. The van der Waals surface area contributed by atoms with Crippen molar-refractivity contribution in [2.45, 2.75) is 26.8 Å². The Kier molecular flexibility index (Phi) is 8.69. The minimum Gasteiger partial charge on any atom is -0.480 e. The van der Waals surface area contributed by atoms with Crippen LogP contribution >= 0.6 is 43.2 Å². The van der Waals surface area contributed by atoms with Crippen LogP contribution in [0.2, 0.25) is 0 Å². The number of hydrogen-bond acceptors (Lipinski definition) is 8. The van der Waals surface area contributed by atoms with Crippen molar-refractivity contribution in [3.8, 4) is 5.75 Å². The van der Waals surface area contributed by atoms with Crippen molar-refractivity contribution < 1.29 is 23.8 Å². The van der Waals surface area contributed by atoms with E-state index in [1.165, 1.54) is 18.4 Å². The van der Waals surface area contributed by atoms with E-state index in [0.717, 1.165) is 11.1 Å². The molecule has 0 radical (unpaired) electrons. The molecule has 0 N–H and O–H groups in total. The molecule has 0 aliphatic carbocycles. The quantitative estimate of drug-likeness (QED) is 0.352. The van der Waals surface area contributed by atoms with E-state index in [0.29, 0.717) is 40.9 Å². The van der Waals surface area contributed by atoms with Crippen LogP contribution in [0, 0.1) is 6.92 Å². The van der Waals surface area contributed by atoms with E-state index in [1.54, 1.807) is 36.6 Å². The Morgan fingerprint density at radius 1 is 1.13 bits per heavy atom. The number of esters is 2. The number of aryl methyl sites for hydroxylation is 1. The average Bonchev–Trinajstić information content (AvgIpc) is 3.17. The van der Waals surface area contributed by atoms with Gasteiger partial charge in [-0.25, -0.2) is 14.6 Å². The third-order valence-electron chi connectivity index (χ3n) is 5.79. The van der Waals surface area contributed by atoms with Gasteiger partial charge < -0.3 is 14.2 Å². The SMILES string of the molecule is CCOC(=O)C1=C(C)N=c2s/c(=C/c3cc(Br)c(OCC(=O)OC)c(Br)c3)c(=O)n2[C@@H]1c1ccc(C)cc1. The largest absolute Gasteiger partial charge is 0.480 e. The first-order chi connectivity index (χ1) is 18.1. The zero-order chi connectivity index (χ0) is 27.6. The van der Waals surface area contributed by atoms with Gasteiger partial charge >= 0.3 is 11.9 Å². The number of fused-ring (bicyclic) bond motifs is 1. The summed E-state index contributed by atoms with van der Waals surface area (Å²) in [5.41, 5.74) is 3.15. The fraction of sp³-hybridized carbons (Fsp3) is 0.259. The van der Waals surface area contributed by atoms with Gasteiger partial charge in [-0.3, -0.25) is 9.36 Å². The summed E-state index contributed by atoms with van der Waals surface area (Å²) >= 11 is 8.18. The first kappa shape index (κ1) is 28.0. The van der Waals surface area contributed by atoms with Crippen molar-refractivity contribution in [1.29, 1.82) is 0 Å². The summed E-state index contributed by atoms with van der Waals surface area (Å²) in [4.78, 5) is 43.3. The molecule has 1 atom stereocenters. The number of thiazole rings is 1. The van der Waals surface area contributed by atoms with Gasteiger partial charge in [0.25, 0.3) is 5.56 Å². The molecule has 0 bridgehead atoms. The van der Waals surface area contributed by atoms with Crippen LogP contribution < -0.4 is 19.6 Å². The van der Waals surface area contributed by atoms with Gasteiger partial charge in [0.05, 0.1) is 44.5 Å². The zero-order valence-corrected chi connectivity index (χ0v) is 25.0. The standard InChI is InChI=1S/C27H24Br2N2O6S/c1-5-36-26(34)22-15(3)30-27-31(23(22)17-8-6-14(2)7-9-17)25(33)20(38-27)12-16-10-18(28)24(19(29)11-16)37-13-21(32)35-4/h6-12,23H,5,13H2,1-4H3/b20-12+/t23-/m1/s1. The maximum Gasteiger partial charge on any atom is 0.343 e. The van der Waals surface area contributed by atoms with E-state index < -0.39 is 18.0 Å². The second-order valence-corrected chi connectivity index (χ2v) is 11.1.